The summed E-state index contributed by atoms with van der Waals surface area (Å²) in [5.74, 6) is 0.261. The number of aromatic nitrogens is 2. The molecule has 0 aliphatic rings. The summed E-state index contributed by atoms with van der Waals surface area (Å²) in [5.41, 5.74) is 1.20. The van der Waals surface area contributed by atoms with Crippen molar-refractivity contribution in [3.63, 3.8) is 0 Å². The molecule has 1 aromatic carbocycles. The van der Waals surface area contributed by atoms with Crippen LogP contribution in [0.2, 0.25) is 0 Å². The van der Waals surface area contributed by atoms with E-state index >= 15 is 0 Å². The first-order valence-corrected chi connectivity index (χ1v) is 7.26. The van der Waals surface area contributed by atoms with Crippen LogP contribution >= 0.6 is 0 Å². The summed E-state index contributed by atoms with van der Waals surface area (Å²) < 4.78 is 13.8. The molecular weight excluding hydrogens is 267 g/mol. The number of rotatable bonds is 7. The maximum Gasteiger partial charge on any atom is 0.224 e. The van der Waals surface area contributed by atoms with Gasteiger partial charge in [0, 0.05) is 12.6 Å². The number of hydrogen-bond acceptors (Lipinski definition) is 4. The monoisotopic (exact) mass is 288 g/mol. The third kappa shape index (κ3) is 4.70. The number of benzene rings is 1. The molecule has 0 amide bonds. The maximum absolute atomic E-state index is 13.8. The minimum Gasteiger partial charge on any atom is -0.365 e. The smallest absolute Gasteiger partial charge is 0.224 e. The molecular formula is C16H21FN4. The molecule has 5 heteroatoms. The van der Waals surface area contributed by atoms with Gasteiger partial charge >= 0.3 is 0 Å². The second-order valence-corrected chi connectivity index (χ2v) is 5.05. The zero-order valence-electron chi connectivity index (χ0n) is 12.4. The van der Waals surface area contributed by atoms with Gasteiger partial charge in [-0.3, -0.25) is 0 Å². The van der Waals surface area contributed by atoms with Gasteiger partial charge in [-0.25, -0.2) is 9.37 Å². The Balaban J connectivity index is 2.00. The van der Waals surface area contributed by atoms with Crippen molar-refractivity contribution in [2.45, 2.75) is 32.7 Å². The van der Waals surface area contributed by atoms with Crippen molar-refractivity contribution >= 4 is 11.8 Å². The summed E-state index contributed by atoms with van der Waals surface area (Å²) in [6.07, 6.45) is 2.97. The predicted octanol–water partition coefficient (Wildman–Crippen LogP) is 3.48. The normalized spacial score (nSPS) is 12.0. The van der Waals surface area contributed by atoms with Crippen LogP contribution in [0.1, 0.15) is 25.8 Å². The van der Waals surface area contributed by atoms with Gasteiger partial charge in [0.2, 0.25) is 5.95 Å². The lowest BCUT2D eigenvalue weighted by molar-refractivity contribution is 0.612. The number of hydrogen-bond donors (Lipinski definition) is 2. The third-order valence-corrected chi connectivity index (χ3v) is 3.05. The van der Waals surface area contributed by atoms with Crippen molar-refractivity contribution in [3.05, 3.63) is 47.9 Å². The molecule has 1 atom stereocenters. The summed E-state index contributed by atoms with van der Waals surface area (Å²) in [4.78, 5) is 8.11. The van der Waals surface area contributed by atoms with E-state index in [1.54, 1.807) is 0 Å². The molecule has 0 saturated carbocycles. The van der Waals surface area contributed by atoms with E-state index in [0.29, 0.717) is 5.95 Å². The van der Waals surface area contributed by atoms with Crippen LogP contribution in [0.3, 0.4) is 0 Å². The second-order valence-electron chi connectivity index (χ2n) is 5.05. The molecule has 1 aromatic heterocycles. The fraction of sp³-hybridized carbons (Fsp3) is 0.375. The van der Waals surface area contributed by atoms with Crippen LogP contribution < -0.4 is 10.6 Å². The van der Waals surface area contributed by atoms with E-state index in [9.17, 15) is 4.39 Å². The third-order valence-electron chi connectivity index (χ3n) is 3.05. The molecule has 21 heavy (non-hydrogen) atoms. The Hall–Kier alpha value is -2.17. The first-order valence-electron chi connectivity index (χ1n) is 7.26. The molecule has 1 unspecified atom stereocenters. The summed E-state index contributed by atoms with van der Waals surface area (Å²) in [5, 5.41) is 6.17. The van der Waals surface area contributed by atoms with Crippen LogP contribution in [0.5, 0.6) is 0 Å². The molecule has 0 spiro atoms. The van der Waals surface area contributed by atoms with Crippen molar-refractivity contribution < 1.29 is 4.39 Å². The number of nitrogens with zero attached hydrogens (tertiary/aromatic N) is 2. The van der Waals surface area contributed by atoms with E-state index in [2.05, 4.69) is 39.7 Å². The van der Waals surface area contributed by atoms with Crippen molar-refractivity contribution in [1.29, 1.82) is 0 Å². The summed E-state index contributed by atoms with van der Waals surface area (Å²) in [6, 6.07) is 10.2. The molecule has 0 aliphatic carbocycles. The van der Waals surface area contributed by atoms with Gasteiger partial charge < -0.3 is 10.6 Å². The SMILES string of the molecule is CCCNc1ncc(F)c(NC(C)Cc2ccccc2)n1. The quantitative estimate of drug-likeness (QED) is 0.819. The van der Waals surface area contributed by atoms with Crippen LogP contribution in [0.15, 0.2) is 36.5 Å². The minimum atomic E-state index is -0.433. The molecule has 0 radical (unpaired) electrons. The van der Waals surface area contributed by atoms with E-state index in [1.807, 2.05) is 25.1 Å². The highest BCUT2D eigenvalue weighted by molar-refractivity contribution is 5.42. The molecule has 0 saturated heterocycles. The molecule has 1 heterocycles. The van der Waals surface area contributed by atoms with E-state index in [0.717, 1.165) is 19.4 Å². The largest absolute Gasteiger partial charge is 0.365 e. The van der Waals surface area contributed by atoms with Gasteiger partial charge in [0.25, 0.3) is 0 Å². The first kappa shape index (κ1) is 15.2. The van der Waals surface area contributed by atoms with Gasteiger partial charge in [0.05, 0.1) is 6.20 Å². The zero-order valence-corrected chi connectivity index (χ0v) is 12.4. The first-order chi connectivity index (χ1) is 10.2. The lowest BCUT2D eigenvalue weighted by atomic mass is 10.1. The standard InChI is InChI=1S/C16H21FN4/c1-3-9-18-16-19-11-14(17)15(21-16)20-12(2)10-13-7-5-4-6-8-13/h4-8,11-12H,3,9-10H2,1-2H3,(H2,18,19,20,21). The Morgan fingerprint density at radius 2 is 2.00 bits per heavy atom. The highest BCUT2D eigenvalue weighted by Gasteiger charge is 2.10. The van der Waals surface area contributed by atoms with Crippen LogP contribution in [0.4, 0.5) is 16.2 Å². The van der Waals surface area contributed by atoms with Gasteiger partial charge in [0.15, 0.2) is 11.6 Å². The van der Waals surface area contributed by atoms with Gasteiger partial charge in [-0.15, -0.1) is 0 Å². The Morgan fingerprint density at radius 3 is 2.71 bits per heavy atom. The van der Waals surface area contributed by atoms with Gasteiger partial charge in [-0.2, -0.15) is 4.98 Å². The Kier molecular flexibility index (Phi) is 5.49. The Morgan fingerprint density at radius 1 is 1.24 bits per heavy atom. The fourth-order valence-corrected chi connectivity index (χ4v) is 2.04. The topological polar surface area (TPSA) is 49.8 Å². The predicted molar refractivity (Wildman–Crippen MR) is 84.0 cm³/mol. The summed E-state index contributed by atoms with van der Waals surface area (Å²) >= 11 is 0. The molecule has 0 bridgehead atoms. The molecule has 4 nitrogen and oxygen atoms in total. The number of nitrogens with one attached hydrogen (secondary N) is 2. The molecule has 2 N–H and O–H groups in total. The average molecular weight is 288 g/mol. The highest BCUT2D eigenvalue weighted by atomic mass is 19.1. The summed E-state index contributed by atoms with van der Waals surface area (Å²) in [6.45, 7) is 4.83. The zero-order chi connectivity index (χ0) is 15.1. The molecule has 0 fully saturated rings. The lowest BCUT2D eigenvalue weighted by Gasteiger charge is -2.15. The van der Waals surface area contributed by atoms with Crippen LogP contribution in [-0.2, 0) is 6.42 Å². The molecule has 2 rings (SSSR count). The average Bonchev–Trinajstić information content (AvgIpc) is 2.49. The van der Waals surface area contributed by atoms with Crippen molar-refractivity contribution in [3.8, 4) is 0 Å². The van der Waals surface area contributed by atoms with E-state index < -0.39 is 5.82 Å². The van der Waals surface area contributed by atoms with E-state index in [1.165, 1.54) is 11.8 Å². The number of halogens is 1. The van der Waals surface area contributed by atoms with Crippen LogP contribution in [0, 0.1) is 5.82 Å². The van der Waals surface area contributed by atoms with Crippen molar-refractivity contribution in [2.75, 3.05) is 17.2 Å². The van der Waals surface area contributed by atoms with Crippen molar-refractivity contribution in [2.24, 2.45) is 0 Å². The minimum absolute atomic E-state index is 0.0795. The fourth-order valence-electron chi connectivity index (χ4n) is 2.04. The van der Waals surface area contributed by atoms with Gasteiger partial charge in [-0.05, 0) is 25.3 Å². The van der Waals surface area contributed by atoms with E-state index in [4.69, 9.17) is 0 Å². The molecule has 0 aliphatic heterocycles. The lowest BCUT2D eigenvalue weighted by Crippen LogP contribution is -2.20. The van der Waals surface area contributed by atoms with Gasteiger partial charge in [-0.1, -0.05) is 37.3 Å². The van der Waals surface area contributed by atoms with Crippen LogP contribution in [-0.4, -0.2) is 22.6 Å². The van der Waals surface area contributed by atoms with Crippen LogP contribution in [0.25, 0.3) is 0 Å². The number of anilines is 2. The molecule has 112 valence electrons. The van der Waals surface area contributed by atoms with Crippen molar-refractivity contribution in [1.82, 2.24) is 9.97 Å². The van der Waals surface area contributed by atoms with E-state index in [-0.39, 0.29) is 11.9 Å². The Labute approximate surface area is 124 Å². The maximum atomic E-state index is 13.8. The second kappa shape index (κ2) is 7.57. The van der Waals surface area contributed by atoms with Gasteiger partial charge in [0.1, 0.15) is 0 Å². The highest BCUT2D eigenvalue weighted by Crippen LogP contribution is 2.14. The Bertz CT molecular complexity index is 559. The molecule has 2 aromatic rings. The summed E-state index contributed by atoms with van der Waals surface area (Å²) in [7, 11) is 0.